The van der Waals surface area contributed by atoms with Gasteiger partial charge in [0.25, 0.3) is 5.91 Å². The number of nitrogens with two attached hydrogens (primary N) is 1. The van der Waals surface area contributed by atoms with Crippen LogP contribution in [-0.4, -0.2) is 20.7 Å². The van der Waals surface area contributed by atoms with Gasteiger partial charge in [-0.2, -0.15) is 18.3 Å². The van der Waals surface area contributed by atoms with Crippen LogP contribution in [0.25, 0.3) is 0 Å². The zero-order chi connectivity index (χ0) is 15.8. The molecule has 9 heteroatoms. The standard InChI is InChI=1S/C12H11F3N4OS/c1-6-5-9(19(2)18-6)21-11-7(10(16)20)3-4-8(17-11)12(13,14)15/h3-5H,1-2H3,(H2,16,20). The Labute approximate surface area is 122 Å². The Morgan fingerprint density at radius 2 is 2.05 bits per heavy atom. The zero-order valence-electron chi connectivity index (χ0n) is 11.1. The Kier molecular flexibility index (Phi) is 3.95. The van der Waals surface area contributed by atoms with Crippen molar-refractivity contribution in [3.05, 3.63) is 35.2 Å². The van der Waals surface area contributed by atoms with Gasteiger partial charge < -0.3 is 5.73 Å². The third-order valence-electron chi connectivity index (χ3n) is 2.58. The number of hydrogen-bond donors (Lipinski definition) is 1. The SMILES string of the molecule is Cc1cc(Sc2nc(C(F)(F)F)ccc2C(N)=O)n(C)n1. The second-order valence-corrected chi connectivity index (χ2v) is 5.27. The third-order valence-corrected chi connectivity index (χ3v) is 3.67. The normalized spacial score (nSPS) is 11.7. The van der Waals surface area contributed by atoms with Crippen molar-refractivity contribution in [3.8, 4) is 0 Å². The van der Waals surface area contributed by atoms with Crippen molar-refractivity contribution in [1.82, 2.24) is 14.8 Å². The topological polar surface area (TPSA) is 73.8 Å². The van der Waals surface area contributed by atoms with Crippen molar-refractivity contribution >= 4 is 17.7 Å². The van der Waals surface area contributed by atoms with Crippen molar-refractivity contribution in [2.75, 3.05) is 0 Å². The first-order valence-corrected chi connectivity index (χ1v) is 6.56. The van der Waals surface area contributed by atoms with E-state index in [1.54, 1.807) is 20.0 Å². The molecule has 0 fully saturated rings. The summed E-state index contributed by atoms with van der Waals surface area (Å²) in [5.74, 6) is -0.836. The summed E-state index contributed by atoms with van der Waals surface area (Å²) >= 11 is 0.909. The molecule has 0 saturated carbocycles. The lowest BCUT2D eigenvalue weighted by molar-refractivity contribution is -0.141. The van der Waals surface area contributed by atoms with Crippen LogP contribution in [0.3, 0.4) is 0 Å². The quantitative estimate of drug-likeness (QED) is 0.943. The molecule has 0 bridgehead atoms. The largest absolute Gasteiger partial charge is 0.433 e. The predicted octanol–water partition coefficient (Wildman–Crippen LogP) is 2.39. The number of carbonyl (C=O) groups is 1. The van der Waals surface area contributed by atoms with E-state index in [4.69, 9.17) is 5.73 Å². The molecule has 0 aliphatic heterocycles. The Morgan fingerprint density at radius 3 is 2.52 bits per heavy atom. The number of carbonyl (C=O) groups excluding carboxylic acids is 1. The number of aryl methyl sites for hydroxylation is 2. The van der Waals surface area contributed by atoms with Crippen molar-refractivity contribution in [1.29, 1.82) is 0 Å². The summed E-state index contributed by atoms with van der Waals surface area (Å²) in [6, 6.07) is 3.44. The highest BCUT2D eigenvalue weighted by Crippen LogP contribution is 2.33. The van der Waals surface area contributed by atoms with Crippen LogP contribution in [0.5, 0.6) is 0 Å². The van der Waals surface area contributed by atoms with Crippen LogP contribution >= 0.6 is 11.8 Å². The van der Waals surface area contributed by atoms with Gasteiger partial charge in [0, 0.05) is 7.05 Å². The van der Waals surface area contributed by atoms with Gasteiger partial charge in [-0.1, -0.05) is 0 Å². The monoisotopic (exact) mass is 316 g/mol. The molecule has 0 saturated heterocycles. The fourth-order valence-electron chi connectivity index (χ4n) is 1.65. The average Bonchev–Trinajstić information content (AvgIpc) is 2.66. The van der Waals surface area contributed by atoms with Gasteiger partial charge in [-0.05, 0) is 36.9 Å². The van der Waals surface area contributed by atoms with Crippen LogP contribution in [0, 0.1) is 6.92 Å². The van der Waals surface area contributed by atoms with Crippen LogP contribution in [0.15, 0.2) is 28.3 Å². The summed E-state index contributed by atoms with van der Waals surface area (Å²) in [5.41, 5.74) is 4.74. The highest BCUT2D eigenvalue weighted by atomic mass is 32.2. The minimum absolute atomic E-state index is 0.0631. The molecule has 2 heterocycles. The third kappa shape index (κ3) is 3.35. The van der Waals surface area contributed by atoms with Gasteiger partial charge in [-0.25, -0.2) is 4.98 Å². The highest BCUT2D eigenvalue weighted by molar-refractivity contribution is 7.99. The first-order valence-electron chi connectivity index (χ1n) is 5.75. The van der Waals surface area contributed by atoms with Crippen molar-refractivity contribution in [3.63, 3.8) is 0 Å². The number of nitrogens with zero attached hydrogens (tertiary/aromatic N) is 3. The van der Waals surface area contributed by atoms with Gasteiger partial charge >= 0.3 is 6.18 Å². The molecule has 0 spiro atoms. The summed E-state index contributed by atoms with van der Waals surface area (Å²) < 4.78 is 39.6. The number of hydrogen-bond acceptors (Lipinski definition) is 4. The maximum absolute atomic E-state index is 12.7. The summed E-state index contributed by atoms with van der Waals surface area (Å²) in [5, 5.41) is 4.54. The molecule has 2 aromatic heterocycles. The van der Waals surface area contributed by atoms with Crippen molar-refractivity contribution < 1.29 is 18.0 Å². The van der Waals surface area contributed by atoms with E-state index < -0.39 is 17.8 Å². The second kappa shape index (κ2) is 5.40. The number of aromatic nitrogens is 3. The smallest absolute Gasteiger partial charge is 0.366 e. The van der Waals surface area contributed by atoms with Gasteiger partial charge in [-0.3, -0.25) is 9.48 Å². The van der Waals surface area contributed by atoms with E-state index in [0.29, 0.717) is 10.7 Å². The Bertz CT molecular complexity index is 696. The molecule has 2 rings (SSSR count). The number of primary amides is 1. The highest BCUT2D eigenvalue weighted by Gasteiger charge is 2.33. The van der Waals surface area contributed by atoms with E-state index in [2.05, 4.69) is 10.1 Å². The van der Waals surface area contributed by atoms with Crippen molar-refractivity contribution in [2.24, 2.45) is 12.8 Å². The summed E-state index contributed by atoms with van der Waals surface area (Å²) in [6.07, 6.45) is -4.59. The maximum Gasteiger partial charge on any atom is 0.433 e. The van der Waals surface area contributed by atoms with E-state index in [1.165, 1.54) is 4.68 Å². The lowest BCUT2D eigenvalue weighted by Crippen LogP contribution is -2.16. The summed E-state index contributed by atoms with van der Waals surface area (Å²) in [6.45, 7) is 1.75. The van der Waals surface area contributed by atoms with E-state index in [9.17, 15) is 18.0 Å². The fourth-order valence-corrected chi connectivity index (χ4v) is 2.67. The van der Waals surface area contributed by atoms with E-state index >= 15 is 0 Å². The molecule has 2 aromatic rings. The molecule has 0 aliphatic rings. The molecule has 0 aliphatic carbocycles. The number of halogens is 3. The van der Waals surface area contributed by atoms with E-state index in [1.807, 2.05) is 0 Å². The lowest BCUT2D eigenvalue weighted by atomic mass is 10.2. The molecular weight excluding hydrogens is 305 g/mol. The summed E-state index contributed by atoms with van der Waals surface area (Å²) in [4.78, 5) is 14.8. The average molecular weight is 316 g/mol. The minimum atomic E-state index is -4.59. The van der Waals surface area contributed by atoms with Gasteiger partial charge in [-0.15, -0.1) is 0 Å². The molecule has 0 radical (unpaired) electrons. The number of alkyl halides is 3. The second-order valence-electron chi connectivity index (χ2n) is 4.26. The van der Waals surface area contributed by atoms with Crippen molar-refractivity contribution in [2.45, 2.75) is 23.2 Å². The zero-order valence-corrected chi connectivity index (χ0v) is 11.9. The molecule has 0 atom stereocenters. The molecule has 21 heavy (non-hydrogen) atoms. The van der Waals surface area contributed by atoms with Gasteiger partial charge in [0.2, 0.25) is 0 Å². The fraction of sp³-hybridized carbons (Fsp3) is 0.250. The van der Waals surface area contributed by atoms with Gasteiger partial charge in [0.15, 0.2) is 0 Å². The number of pyridine rings is 1. The van der Waals surface area contributed by atoms with Crippen LogP contribution < -0.4 is 5.73 Å². The number of rotatable bonds is 3. The van der Waals surface area contributed by atoms with Gasteiger partial charge in [0.05, 0.1) is 11.3 Å². The first-order chi connectivity index (χ1) is 9.68. The Morgan fingerprint density at radius 1 is 1.38 bits per heavy atom. The molecule has 2 N–H and O–H groups in total. The minimum Gasteiger partial charge on any atom is -0.366 e. The summed E-state index contributed by atoms with van der Waals surface area (Å²) in [7, 11) is 1.65. The molecule has 0 unspecified atom stereocenters. The van der Waals surface area contributed by atoms with Crippen LogP contribution in [0.4, 0.5) is 13.2 Å². The van der Waals surface area contributed by atoms with Gasteiger partial charge in [0.1, 0.15) is 15.7 Å². The van der Waals surface area contributed by atoms with E-state index in [0.717, 1.165) is 23.9 Å². The Hall–Kier alpha value is -2.03. The van der Waals surface area contributed by atoms with E-state index in [-0.39, 0.29) is 10.6 Å². The molecular formula is C12H11F3N4OS. The Balaban J connectivity index is 2.49. The molecule has 112 valence electrons. The molecule has 5 nitrogen and oxygen atoms in total. The molecule has 1 amide bonds. The van der Waals surface area contributed by atoms with Crippen LogP contribution in [0.1, 0.15) is 21.7 Å². The predicted molar refractivity (Wildman–Crippen MR) is 69.8 cm³/mol. The van der Waals surface area contributed by atoms with Crippen LogP contribution in [0.2, 0.25) is 0 Å². The lowest BCUT2D eigenvalue weighted by Gasteiger charge is -2.10. The number of amides is 1. The van der Waals surface area contributed by atoms with Crippen LogP contribution in [-0.2, 0) is 13.2 Å². The maximum atomic E-state index is 12.7. The first kappa shape index (κ1) is 15.4. The molecule has 0 aromatic carbocycles.